The second-order valence-electron chi connectivity index (χ2n) is 5.05. The maximum absolute atomic E-state index is 12.7. The standard InChI is InChI=1S/C16H13ClN2O3/c17-9-5-6-13-12(7-9)15(21)10-3-1-2-4-11(10)16(22)19(13)8-14(18)20/h1-7,15,21H,8H2,(H2,18,20). The van der Waals surface area contributed by atoms with Crippen LogP contribution in [0.2, 0.25) is 5.02 Å². The highest BCUT2D eigenvalue weighted by atomic mass is 35.5. The van der Waals surface area contributed by atoms with Gasteiger partial charge in [0.05, 0.1) is 5.69 Å². The van der Waals surface area contributed by atoms with Crippen LogP contribution in [0.25, 0.3) is 0 Å². The first-order valence-electron chi connectivity index (χ1n) is 6.65. The number of anilines is 1. The van der Waals surface area contributed by atoms with E-state index < -0.39 is 12.0 Å². The van der Waals surface area contributed by atoms with Crippen LogP contribution in [-0.2, 0) is 4.79 Å². The van der Waals surface area contributed by atoms with Gasteiger partial charge in [0.2, 0.25) is 5.91 Å². The molecule has 0 bridgehead atoms. The molecule has 0 saturated carbocycles. The van der Waals surface area contributed by atoms with E-state index in [4.69, 9.17) is 17.3 Å². The number of nitrogens with zero attached hydrogens (tertiary/aromatic N) is 1. The molecule has 5 nitrogen and oxygen atoms in total. The van der Waals surface area contributed by atoms with E-state index in [0.717, 1.165) is 0 Å². The Labute approximate surface area is 131 Å². The summed E-state index contributed by atoms with van der Waals surface area (Å²) in [5.41, 5.74) is 6.96. The summed E-state index contributed by atoms with van der Waals surface area (Å²) in [5.74, 6) is -1.02. The minimum atomic E-state index is -1.01. The number of amides is 2. The van der Waals surface area contributed by atoms with Crippen LogP contribution in [-0.4, -0.2) is 23.5 Å². The van der Waals surface area contributed by atoms with E-state index in [9.17, 15) is 14.7 Å². The van der Waals surface area contributed by atoms with E-state index in [1.54, 1.807) is 42.5 Å². The molecule has 1 heterocycles. The number of halogens is 1. The second kappa shape index (κ2) is 5.44. The molecule has 1 unspecified atom stereocenters. The summed E-state index contributed by atoms with van der Waals surface area (Å²) in [6, 6.07) is 11.5. The number of aliphatic hydroxyl groups is 1. The van der Waals surface area contributed by atoms with E-state index in [1.807, 2.05) is 0 Å². The molecule has 112 valence electrons. The maximum Gasteiger partial charge on any atom is 0.259 e. The van der Waals surface area contributed by atoms with Gasteiger partial charge in [-0.15, -0.1) is 0 Å². The summed E-state index contributed by atoms with van der Waals surface area (Å²) in [4.78, 5) is 25.3. The average Bonchev–Trinajstić information content (AvgIpc) is 2.58. The van der Waals surface area contributed by atoms with Crippen LogP contribution in [0.4, 0.5) is 5.69 Å². The van der Waals surface area contributed by atoms with Crippen LogP contribution < -0.4 is 10.6 Å². The molecule has 1 aliphatic rings. The van der Waals surface area contributed by atoms with E-state index in [2.05, 4.69) is 0 Å². The Morgan fingerprint density at radius 1 is 1.23 bits per heavy atom. The number of carbonyl (C=O) groups is 2. The van der Waals surface area contributed by atoms with Gasteiger partial charge >= 0.3 is 0 Å². The summed E-state index contributed by atoms with van der Waals surface area (Å²) in [6.07, 6.45) is -1.01. The first kappa shape index (κ1) is 14.6. The van der Waals surface area contributed by atoms with Gasteiger partial charge in [-0.2, -0.15) is 0 Å². The molecular weight excluding hydrogens is 304 g/mol. The normalized spacial score (nSPS) is 16.7. The number of carbonyl (C=O) groups excluding carboxylic acids is 2. The Bertz CT molecular complexity index is 776. The molecule has 6 heteroatoms. The second-order valence-corrected chi connectivity index (χ2v) is 5.49. The van der Waals surface area contributed by atoms with Crippen LogP contribution in [0.15, 0.2) is 42.5 Å². The smallest absolute Gasteiger partial charge is 0.259 e. The Morgan fingerprint density at radius 2 is 1.95 bits per heavy atom. The topological polar surface area (TPSA) is 83.6 Å². The van der Waals surface area contributed by atoms with Gasteiger partial charge in [0, 0.05) is 16.1 Å². The van der Waals surface area contributed by atoms with Gasteiger partial charge in [0.15, 0.2) is 0 Å². The van der Waals surface area contributed by atoms with Crippen LogP contribution in [0.3, 0.4) is 0 Å². The molecule has 0 fully saturated rings. The fourth-order valence-corrected chi connectivity index (χ4v) is 2.84. The van der Waals surface area contributed by atoms with Crippen LogP contribution in [0, 0.1) is 0 Å². The van der Waals surface area contributed by atoms with Crippen LogP contribution >= 0.6 is 11.6 Å². The quantitative estimate of drug-likeness (QED) is 0.887. The molecule has 1 atom stereocenters. The molecule has 22 heavy (non-hydrogen) atoms. The number of hydrogen-bond donors (Lipinski definition) is 2. The number of aliphatic hydroxyl groups excluding tert-OH is 1. The van der Waals surface area contributed by atoms with Crippen molar-refractivity contribution in [1.82, 2.24) is 0 Å². The Morgan fingerprint density at radius 3 is 2.68 bits per heavy atom. The number of nitrogens with two attached hydrogens (primary N) is 1. The lowest BCUT2D eigenvalue weighted by Crippen LogP contribution is -2.38. The van der Waals surface area contributed by atoms with Gasteiger partial charge in [0.1, 0.15) is 12.6 Å². The maximum atomic E-state index is 12.7. The van der Waals surface area contributed by atoms with E-state index >= 15 is 0 Å². The first-order valence-corrected chi connectivity index (χ1v) is 7.03. The Hall–Kier alpha value is -2.37. The summed E-state index contributed by atoms with van der Waals surface area (Å²) < 4.78 is 0. The molecule has 0 spiro atoms. The fourth-order valence-electron chi connectivity index (χ4n) is 2.66. The van der Waals surface area contributed by atoms with Crippen molar-refractivity contribution in [3.05, 3.63) is 64.2 Å². The third kappa shape index (κ3) is 2.34. The molecule has 0 radical (unpaired) electrons. The molecule has 2 aromatic carbocycles. The zero-order valence-electron chi connectivity index (χ0n) is 11.5. The van der Waals surface area contributed by atoms with E-state index in [-0.39, 0.29) is 12.5 Å². The van der Waals surface area contributed by atoms with Gasteiger partial charge in [-0.3, -0.25) is 14.5 Å². The predicted octanol–water partition coefficient (Wildman–Crippen LogP) is 1.87. The van der Waals surface area contributed by atoms with E-state index in [1.165, 1.54) is 4.90 Å². The lowest BCUT2D eigenvalue weighted by molar-refractivity contribution is -0.116. The van der Waals surface area contributed by atoms with Gasteiger partial charge in [-0.1, -0.05) is 29.8 Å². The molecule has 2 amide bonds. The summed E-state index contributed by atoms with van der Waals surface area (Å²) in [6.45, 7) is -0.269. The number of fused-ring (bicyclic) bond motifs is 2. The van der Waals surface area contributed by atoms with Crippen LogP contribution in [0.5, 0.6) is 0 Å². The van der Waals surface area contributed by atoms with Crippen LogP contribution in [0.1, 0.15) is 27.6 Å². The highest BCUT2D eigenvalue weighted by Crippen LogP contribution is 2.38. The third-order valence-electron chi connectivity index (χ3n) is 3.62. The van der Waals surface area contributed by atoms with Gasteiger partial charge < -0.3 is 10.8 Å². The third-order valence-corrected chi connectivity index (χ3v) is 3.85. The lowest BCUT2D eigenvalue weighted by Gasteiger charge is -2.22. The minimum Gasteiger partial charge on any atom is -0.384 e. The largest absolute Gasteiger partial charge is 0.384 e. The van der Waals surface area contributed by atoms with Gasteiger partial charge in [-0.05, 0) is 29.8 Å². The van der Waals surface area contributed by atoms with Crippen molar-refractivity contribution in [2.24, 2.45) is 5.73 Å². The van der Waals surface area contributed by atoms with Crippen molar-refractivity contribution in [1.29, 1.82) is 0 Å². The zero-order chi connectivity index (χ0) is 15.9. The fraction of sp³-hybridized carbons (Fsp3) is 0.125. The summed E-state index contributed by atoms with van der Waals surface area (Å²) >= 11 is 6.01. The van der Waals surface area contributed by atoms with Crippen molar-refractivity contribution >= 4 is 29.1 Å². The molecule has 3 N–H and O–H groups in total. The van der Waals surface area contributed by atoms with E-state index in [0.29, 0.717) is 27.4 Å². The van der Waals surface area contributed by atoms with Crippen molar-refractivity contribution < 1.29 is 14.7 Å². The zero-order valence-corrected chi connectivity index (χ0v) is 12.2. The Kier molecular flexibility index (Phi) is 3.60. The van der Waals surface area contributed by atoms with Crippen molar-refractivity contribution in [3.63, 3.8) is 0 Å². The number of hydrogen-bond acceptors (Lipinski definition) is 3. The Balaban J connectivity index is 2.27. The average molecular weight is 317 g/mol. The van der Waals surface area contributed by atoms with Crippen molar-refractivity contribution in [3.8, 4) is 0 Å². The first-order chi connectivity index (χ1) is 10.5. The molecule has 2 aromatic rings. The number of primary amides is 1. The van der Waals surface area contributed by atoms with Crippen molar-refractivity contribution in [2.45, 2.75) is 6.10 Å². The summed E-state index contributed by atoms with van der Waals surface area (Å²) in [7, 11) is 0. The lowest BCUT2D eigenvalue weighted by atomic mass is 9.97. The van der Waals surface area contributed by atoms with Gasteiger partial charge in [0.25, 0.3) is 5.91 Å². The summed E-state index contributed by atoms with van der Waals surface area (Å²) in [5, 5.41) is 11.1. The minimum absolute atomic E-state index is 0.269. The molecule has 3 rings (SSSR count). The molecule has 0 saturated heterocycles. The number of rotatable bonds is 2. The molecule has 0 aliphatic carbocycles. The highest BCUT2D eigenvalue weighted by Gasteiger charge is 2.32. The predicted molar refractivity (Wildman–Crippen MR) is 82.8 cm³/mol. The van der Waals surface area contributed by atoms with Gasteiger partial charge in [-0.25, -0.2) is 0 Å². The SMILES string of the molecule is NC(=O)CN1C(=O)c2ccccc2C(O)c2cc(Cl)ccc21. The molecule has 1 aliphatic heterocycles. The molecule has 0 aromatic heterocycles. The number of benzene rings is 2. The van der Waals surface area contributed by atoms with Crippen molar-refractivity contribution in [2.75, 3.05) is 11.4 Å². The molecular formula is C16H13ClN2O3. The monoisotopic (exact) mass is 316 g/mol. The highest BCUT2D eigenvalue weighted by molar-refractivity contribution is 6.30.